The van der Waals surface area contributed by atoms with Gasteiger partial charge < -0.3 is 5.32 Å². The number of hydrogen-bond donors (Lipinski definition) is 1. The zero-order chi connectivity index (χ0) is 12.4. The molecule has 1 heterocycles. The fourth-order valence-electron chi connectivity index (χ4n) is 1.97. The Morgan fingerprint density at radius 2 is 1.88 bits per heavy atom. The number of amidine groups is 1. The van der Waals surface area contributed by atoms with E-state index in [0.717, 1.165) is 16.6 Å². The summed E-state index contributed by atoms with van der Waals surface area (Å²) in [7, 11) is 0. The van der Waals surface area contributed by atoms with Crippen LogP contribution in [0, 0.1) is 19.8 Å². The average Bonchev–Trinajstić information content (AvgIpc) is 2.64. The Labute approximate surface area is 108 Å². The Balaban J connectivity index is 2.09. The van der Waals surface area contributed by atoms with Gasteiger partial charge in [0.2, 0.25) is 0 Å². The van der Waals surface area contributed by atoms with Crippen molar-refractivity contribution in [2.75, 3.05) is 11.1 Å². The van der Waals surface area contributed by atoms with E-state index in [1.807, 2.05) is 11.8 Å². The van der Waals surface area contributed by atoms with Crippen molar-refractivity contribution in [2.24, 2.45) is 10.9 Å². The van der Waals surface area contributed by atoms with Gasteiger partial charge in [-0.2, -0.15) is 0 Å². The molecule has 0 amide bonds. The molecule has 0 saturated carbocycles. The largest absolute Gasteiger partial charge is 0.335 e. The second kappa shape index (κ2) is 5.13. The van der Waals surface area contributed by atoms with Crippen LogP contribution in [-0.4, -0.2) is 17.0 Å². The lowest BCUT2D eigenvalue weighted by atomic mass is 10.1. The summed E-state index contributed by atoms with van der Waals surface area (Å²) < 4.78 is 0. The molecule has 0 bridgehead atoms. The number of aliphatic imine (C=N–C) groups is 1. The van der Waals surface area contributed by atoms with E-state index in [4.69, 9.17) is 4.99 Å². The molecule has 92 valence electrons. The highest BCUT2D eigenvalue weighted by Crippen LogP contribution is 2.25. The van der Waals surface area contributed by atoms with Crippen LogP contribution in [0.3, 0.4) is 0 Å². The summed E-state index contributed by atoms with van der Waals surface area (Å²) in [5, 5.41) is 4.48. The minimum Gasteiger partial charge on any atom is -0.335 e. The molecule has 1 aliphatic rings. The van der Waals surface area contributed by atoms with E-state index in [0.29, 0.717) is 12.0 Å². The van der Waals surface area contributed by atoms with E-state index >= 15 is 0 Å². The van der Waals surface area contributed by atoms with Gasteiger partial charge in [0.25, 0.3) is 0 Å². The minimum atomic E-state index is 0.466. The molecule has 1 aromatic carbocycles. The van der Waals surface area contributed by atoms with Gasteiger partial charge in [0.15, 0.2) is 5.17 Å². The standard InChI is InChI=1S/C14H20N2S/c1-9(2)13-8-17-14(16-13)15-12-6-10(3)5-11(4)7-12/h5-7,9,13H,8H2,1-4H3,(H,15,16). The molecule has 1 N–H and O–H groups in total. The fraction of sp³-hybridized carbons (Fsp3) is 0.500. The highest BCUT2D eigenvalue weighted by atomic mass is 32.2. The molecule has 17 heavy (non-hydrogen) atoms. The monoisotopic (exact) mass is 248 g/mol. The molecule has 2 nitrogen and oxygen atoms in total. The Hall–Kier alpha value is -0.960. The maximum absolute atomic E-state index is 4.71. The van der Waals surface area contributed by atoms with Crippen molar-refractivity contribution >= 4 is 22.6 Å². The summed E-state index contributed by atoms with van der Waals surface area (Å²) in [6.45, 7) is 8.71. The summed E-state index contributed by atoms with van der Waals surface area (Å²) in [6.07, 6.45) is 0. The zero-order valence-electron chi connectivity index (χ0n) is 10.9. The van der Waals surface area contributed by atoms with Gasteiger partial charge in [-0.05, 0) is 43.0 Å². The molecule has 0 aromatic heterocycles. The van der Waals surface area contributed by atoms with Crippen LogP contribution in [0.5, 0.6) is 0 Å². The first-order chi connectivity index (χ1) is 8.04. The summed E-state index contributed by atoms with van der Waals surface area (Å²) in [5.41, 5.74) is 3.73. The summed E-state index contributed by atoms with van der Waals surface area (Å²) in [4.78, 5) is 4.71. The maximum atomic E-state index is 4.71. The molecule has 1 atom stereocenters. The van der Waals surface area contributed by atoms with E-state index in [1.54, 1.807) is 0 Å². The van der Waals surface area contributed by atoms with Gasteiger partial charge in [-0.3, -0.25) is 4.99 Å². The molecule has 2 rings (SSSR count). The van der Waals surface area contributed by atoms with Crippen LogP contribution in [-0.2, 0) is 0 Å². The normalized spacial score (nSPS) is 19.6. The van der Waals surface area contributed by atoms with Crippen molar-refractivity contribution in [3.05, 3.63) is 29.3 Å². The Bertz CT molecular complexity index is 418. The second-order valence-electron chi connectivity index (χ2n) is 5.06. The van der Waals surface area contributed by atoms with E-state index in [-0.39, 0.29) is 0 Å². The van der Waals surface area contributed by atoms with Crippen molar-refractivity contribution in [1.82, 2.24) is 0 Å². The lowest BCUT2D eigenvalue weighted by molar-refractivity contribution is 0.543. The number of aryl methyl sites for hydroxylation is 2. The van der Waals surface area contributed by atoms with Crippen molar-refractivity contribution < 1.29 is 0 Å². The Morgan fingerprint density at radius 3 is 2.41 bits per heavy atom. The van der Waals surface area contributed by atoms with Gasteiger partial charge >= 0.3 is 0 Å². The molecule has 1 aliphatic heterocycles. The van der Waals surface area contributed by atoms with Gasteiger partial charge in [-0.15, -0.1) is 0 Å². The third-order valence-corrected chi connectivity index (χ3v) is 3.91. The highest BCUT2D eigenvalue weighted by Gasteiger charge is 2.20. The number of thioether (sulfide) groups is 1. The number of nitrogens with zero attached hydrogens (tertiary/aromatic N) is 1. The van der Waals surface area contributed by atoms with E-state index in [1.165, 1.54) is 11.1 Å². The number of rotatable bonds is 2. The molecule has 3 heteroatoms. The number of hydrogen-bond acceptors (Lipinski definition) is 3. The van der Waals surface area contributed by atoms with Crippen LogP contribution in [0.15, 0.2) is 23.2 Å². The Kier molecular flexibility index (Phi) is 3.77. The van der Waals surface area contributed by atoms with E-state index in [2.05, 4.69) is 51.2 Å². The predicted molar refractivity (Wildman–Crippen MR) is 78.1 cm³/mol. The second-order valence-corrected chi connectivity index (χ2v) is 6.07. The van der Waals surface area contributed by atoms with Crippen LogP contribution < -0.4 is 5.32 Å². The number of nitrogens with one attached hydrogen (secondary N) is 1. The quantitative estimate of drug-likeness (QED) is 0.860. The van der Waals surface area contributed by atoms with Crippen LogP contribution in [0.25, 0.3) is 0 Å². The van der Waals surface area contributed by atoms with Gasteiger partial charge in [0.05, 0.1) is 6.04 Å². The topological polar surface area (TPSA) is 24.4 Å². The molecule has 0 saturated heterocycles. The van der Waals surface area contributed by atoms with Crippen molar-refractivity contribution in [3.63, 3.8) is 0 Å². The maximum Gasteiger partial charge on any atom is 0.161 e. The molecule has 0 radical (unpaired) electrons. The first-order valence-corrected chi connectivity index (χ1v) is 7.09. The molecule has 0 fully saturated rings. The van der Waals surface area contributed by atoms with Crippen LogP contribution in [0.4, 0.5) is 5.69 Å². The van der Waals surface area contributed by atoms with Gasteiger partial charge in [-0.25, -0.2) is 0 Å². The molecule has 0 aliphatic carbocycles. The average molecular weight is 248 g/mol. The van der Waals surface area contributed by atoms with Crippen LogP contribution >= 0.6 is 11.8 Å². The summed E-state index contributed by atoms with van der Waals surface area (Å²) in [5.74, 6) is 1.73. The summed E-state index contributed by atoms with van der Waals surface area (Å²) >= 11 is 1.82. The first-order valence-electron chi connectivity index (χ1n) is 6.10. The molecule has 1 unspecified atom stereocenters. The summed E-state index contributed by atoms with van der Waals surface area (Å²) in [6, 6.07) is 6.98. The van der Waals surface area contributed by atoms with Crippen molar-refractivity contribution in [1.29, 1.82) is 0 Å². The van der Waals surface area contributed by atoms with Crippen molar-refractivity contribution in [3.8, 4) is 0 Å². The fourth-order valence-corrected chi connectivity index (χ4v) is 3.16. The predicted octanol–water partition coefficient (Wildman–Crippen LogP) is 3.84. The third kappa shape index (κ3) is 3.25. The molecular formula is C14H20N2S. The van der Waals surface area contributed by atoms with Crippen LogP contribution in [0.2, 0.25) is 0 Å². The van der Waals surface area contributed by atoms with E-state index < -0.39 is 0 Å². The highest BCUT2D eigenvalue weighted by molar-refractivity contribution is 8.14. The minimum absolute atomic E-state index is 0.466. The van der Waals surface area contributed by atoms with Gasteiger partial charge in [-0.1, -0.05) is 31.7 Å². The first kappa shape index (κ1) is 12.5. The number of benzene rings is 1. The smallest absolute Gasteiger partial charge is 0.161 e. The van der Waals surface area contributed by atoms with E-state index in [9.17, 15) is 0 Å². The van der Waals surface area contributed by atoms with Crippen LogP contribution in [0.1, 0.15) is 25.0 Å². The molecule has 1 aromatic rings. The lowest BCUT2D eigenvalue weighted by Crippen LogP contribution is -2.12. The third-order valence-electron chi connectivity index (χ3n) is 2.92. The molecule has 0 spiro atoms. The SMILES string of the molecule is Cc1cc(C)cc(NC2=NC(C(C)C)CS2)c1. The molecular weight excluding hydrogens is 228 g/mol. The Morgan fingerprint density at radius 1 is 1.24 bits per heavy atom. The number of anilines is 1. The van der Waals surface area contributed by atoms with Gasteiger partial charge in [0, 0.05) is 11.4 Å². The zero-order valence-corrected chi connectivity index (χ0v) is 11.8. The van der Waals surface area contributed by atoms with Gasteiger partial charge in [0.1, 0.15) is 0 Å². The van der Waals surface area contributed by atoms with Crippen molar-refractivity contribution in [2.45, 2.75) is 33.7 Å². The lowest BCUT2D eigenvalue weighted by Gasteiger charge is -2.08.